The van der Waals surface area contributed by atoms with Crippen molar-refractivity contribution in [3.63, 3.8) is 0 Å². The van der Waals surface area contributed by atoms with Gasteiger partial charge in [0.05, 0.1) is 11.0 Å². The minimum Gasteiger partial charge on any atom is -0.355 e. The molecule has 2 aliphatic heterocycles. The number of piperidine rings is 1. The number of para-hydroxylation sites is 2. The van der Waals surface area contributed by atoms with Crippen molar-refractivity contribution < 1.29 is 4.79 Å². The third kappa shape index (κ3) is 3.63. The van der Waals surface area contributed by atoms with Crippen molar-refractivity contribution in [2.75, 3.05) is 43.0 Å². The van der Waals surface area contributed by atoms with Gasteiger partial charge in [-0.05, 0) is 55.8 Å². The van der Waals surface area contributed by atoms with Gasteiger partial charge < -0.3 is 4.90 Å². The first kappa shape index (κ1) is 19.0. The zero-order valence-electron chi connectivity index (χ0n) is 17.4. The Balaban J connectivity index is 1.40. The van der Waals surface area contributed by atoms with E-state index in [2.05, 4.69) is 21.9 Å². The minimum absolute atomic E-state index is 0.0153. The quantitative estimate of drug-likeness (QED) is 0.670. The van der Waals surface area contributed by atoms with Crippen LogP contribution in [0.25, 0.3) is 11.0 Å². The van der Waals surface area contributed by atoms with Crippen LogP contribution in [-0.4, -0.2) is 54.0 Å². The summed E-state index contributed by atoms with van der Waals surface area (Å²) < 4.78 is 0. The normalized spacial score (nSPS) is 17.2. The van der Waals surface area contributed by atoms with Crippen molar-refractivity contribution in [1.82, 2.24) is 14.9 Å². The molecule has 0 spiro atoms. The fourth-order valence-electron chi connectivity index (χ4n) is 4.36. The number of benzene rings is 2. The highest BCUT2D eigenvalue weighted by Gasteiger charge is 2.29. The molecule has 6 heteroatoms. The van der Waals surface area contributed by atoms with Gasteiger partial charge in [0.25, 0.3) is 5.91 Å². The Morgan fingerprint density at radius 3 is 2.20 bits per heavy atom. The predicted molar refractivity (Wildman–Crippen MR) is 120 cm³/mol. The van der Waals surface area contributed by atoms with Crippen LogP contribution in [0.5, 0.6) is 0 Å². The predicted octanol–water partition coefficient (Wildman–Crippen LogP) is 3.71. The number of hydrogen-bond acceptors (Lipinski definition) is 5. The number of likely N-dealkylation sites (N-methyl/N-ethyl adjacent to an activating group) is 1. The summed E-state index contributed by atoms with van der Waals surface area (Å²) in [5, 5.41) is 0. The maximum Gasteiger partial charge on any atom is 0.259 e. The van der Waals surface area contributed by atoms with Gasteiger partial charge in [-0.15, -0.1) is 0 Å². The molecule has 0 radical (unpaired) electrons. The first-order valence-corrected chi connectivity index (χ1v) is 10.8. The number of fused-ring (bicyclic) bond motifs is 2. The summed E-state index contributed by atoms with van der Waals surface area (Å²) in [5.41, 5.74) is 3.61. The summed E-state index contributed by atoms with van der Waals surface area (Å²) in [4.78, 5) is 29.2. The maximum atomic E-state index is 13.3. The van der Waals surface area contributed by atoms with E-state index in [0.29, 0.717) is 17.9 Å². The highest BCUT2D eigenvalue weighted by Crippen LogP contribution is 2.31. The Morgan fingerprint density at radius 2 is 1.50 bits per heavy atom. The minimum atomic E-state index is -0.0153. The van der Waals surface area contributed by atoms with Gasteiger partial charge in [-0.25, -0.2) is 9.97 Å². The van der Waals surface area contributed by atoms with Crippen molar-refractivity contribution in [3.05, 3.63) is 59.7 Å². The molecule has 0 saturated carbocycles. The number of rotatable bonds is 3. The van der Waals surface area contributed by atoms with Crippen LogP contribution in [-0.2, 0) is 6.54 Å². The van der Waals surface area contributed by atoms with E-state index in [4.69, 9.17) is 9.97 Å². The SMILES string of the molecule is CN1CCN(C(=O)c2ccc(CN3CCCCC3)cc2)c2nc3ccccc3nc21. The fraction of sp³-hybridized carbons (Fsp3) is 0.375. The van der Waals surface area contributed by atoms with Gasteiger partial charge in [0.1, 0.15) is 0 Å². The van der Waals surface area contributed by atoms with E-state index in [1.165, 1.54) is 37.9 Å². The molecule has 1 saturated heterocycles. The Hall–Kier alpha value is -2.99. The largest absolute Gasteiger partial charge is 0.355 e. The third-order valence-electron chi connectivity index (χ3n) is 6.11. The molecule has 0 N–H and O–H groups in total. The fourth-order valence-corrected chi connectivity index (χ4v) is 4.36. The molecule has 3 aromatic rings. The number of anilines is 2. The number of likely N-dealkylation sites (tertiary alicyclic amines) is 1. The molecular weight excluding hydrogens is 374 g/mol. The molecule has 0 unspecified atom stereocenters. The summed E-state index contributed by atoms with van der Waals surface area (Å²) in [6, 6.07) is 15.9. The van der Waals surface area contributed by atoms with Crippen LogP contribution in [0.3, 0.4) is 0 Å². The second kappa shape index (κ2) is 8.03. The topological polar surface area (TPSA) is 52.6 Å². The van der Waals surface area contributed by atoms with Crippen LogP contribution in [0.4, 0.5) is 11.6 Å². The summed E-state index contributed by atoms with van der Waals surface area (Å²) in [6.07, 6.45) is 3.92. The average Bonchev–Trinajstić information content (AvgIpc) is 2.79. The number of amides is 1. The average molecular weight is 402 g/mol. The van der Waals surface area contributed by atoms with Crippen molar-refractivity contribution in [2.45, 2.75) is 25.8 Å². The lowest BCUT2D eigenvalue weighted by molar-refractivity contribution is 0.0986. The van der Waals surface area contributed by atoms with E-state index in [9.17, 15) is 4.79 Å². The first-order valence-electron chi connectivity index (χ1n) is 10.8. The molecule has 2 aliphatic rings. The number of carbonyl (C=O) groups excluding carboxylic acids is 1. The molecule has 0 aliphatic carbocycles. The number of aromatic nitrogens is 2. The zero-order chi connectivity index (χ0) is 20.5. The number of carbonyl (C=O) groups is 1. The molecule has 5 rings (SSSR count). The van der Waals surface area contributed by atoms with E-state index >= 15 is 0 Å². The zero-order valence-corrected chi connectivity index (χ0v) is 17.4. The number of nitrogens with zero attached hydrogens (tertiary/aromatic N) is 5. The summed E-state index contributed by atoms with van der Waals surface area (Å²) in [6.45, 7) is 4.64. The van der Waals surface area contributed by atoms with Crippen molar-refractivity contribution in [2.24, 2.45) is 0 Å². The Morgan fingerprint density at radius 1 is 0.833 bits per heavy atom. The lowest BCUT2D eigenvalue weighted by Gasteiger charge is -2.33. The Kier molecular flexibility index (Phi) is 5.09. The highest BCUT2D eigenvalue weighted by molar-refractivity contribution is 6.07. The van der Waals surface area contributed by atoms with Gasteiger partial charge in [-0.3, -0.25) is 14.6 Å². The second-order valence-electron chi connectivity index (χ2n) is 8.27. The van der Waals surface area contributed by atoms with Crippen LogP contribution < -0.4 is 9.80 Å². The van der Waals surface area contributed by atoms with Crippen molar-refractivity contribution in [1.29, 1.82) is 0 Å². The van der Waals surface area contributed by atoms with E-state index in [0.717, 1.165) is 29.9 Å². The first-order chi connectivity index (χ1) is 14.7. The smallest absolute Gasteiger partial charge is 0.259 e. The van der Waals surface area contributed by atoms with Crippen LogP contribution in [0, 0.1) is 0 Å². The standard InChI is InChI=1S/C24H27N5O/c1-27-15-16-29(23-22(27)25-20-7-3-4-8-21(20)26-23)24(30)19-11-9-18(10-12-19)17-28-13-5-2-6-14-28/h3-4,7-12H,2,5-6,13-17H2,1H3. The van der Waals surface area contributed by atoms with E-state index in [1.807, 2.05) is 43.4 Å². The molecule has 30 heavy (non-hydrogen) atoms. The van der Waals surface area contributed by atoms with Gasteiger partial charge in [-0.2, -0.15) is 0 Å². The lowest BCUT2D eigenvalue weighted by atomic mass is 10.1. The molecule has 2 aromatic carbocycles. The van der Waals surface area contributed by atoms with Gasteiger partial charge in [0.2, 0.25) is 0 Å². The van der Waals surface area contributed by atoms with E-state index < -0.39 is 0 Å². The maximum absolute atomic E-state index is 13.3. The lowest BCUT2D eigenvalue weighted by Crippen LogP contribution is -2.43. The van der Waals surface area contributed by atoms with Crippen molar-refractivity contribution >= 4 is 28.6 Å². The molecule has 1 aromatic heterocycles. The van der Waals surface area contributed by atoms with E-state index in [1.54, 1.807) is 4.90 Å². The molecule has 3 heterocycles. The number of hydrogen-bond donors (Lipinski definition) is 0. The van der Waals surface area contributed by atoms with E-state index in [-0.39, 0.29) is 5.91 Å². The van der Waals surface area contributed by atoms with Crippen molar-refractivity contribution in [3.8, 4) is 0 Å². The molecule has 154 valence electrons. The molecular formula is C24H27N5O. The van der Waals surface area contributed by atoms with Gasteiger partial charge in [0, 0.05) is 32.2 Å². The molecule has 1 amide bonds. The van der Waals surface area contributed by atoms with Crippen LogP contribution >= 0.6 is 0 Å². The van der Waals surface area contributed by atoms with Crippen LogP contribution in [0.15, 0.2) is 48.5 Å². The van der Waals surface area contributed by atoms with Gasteiger partial charge in [-0.1, -0.05) is 30.7 Å². The summed E-state index contributed by atoms with van der Waals surface area (Å²) >= 11 is 0. The molecule has 0 bridgehead atoms. The molecule has 1 fully saturated rings. The monoisotopic (exact) mass is 401 g/mol. The Bertz CT molecular complexity index is 1060. The van der Waals surface area contributed by atoms with Gasteiger partial charge >= 0.3 is 0 Å². The molecule has 6 nitrogen and oxygen atoms in total. The van der Waals surface area contributed by atoms with Crippen LogP contribution in [0.2, 0.25) is 0 Å². The molecule has 0 atom stereocenters. The Labute approximate surface area is 177 Å². The third-order valence-corrected chi connectivity index (χ3v) is 6.11. The summed E-state index contributed by atoms with van der Waals surface area (Å²) in [7, 11) is 2.00. The second-order valence-corrected chi connectivity index (χ2v) is 8.27. The van der Waals surface area contributed by atoms with Crippen LogP contribution in [0.1, 0.15) is 35.2 Å². The highest BCUT2D eigenvalue weighted by atomic mass is 16.2. The summed E-state index contributed by atoms with van der Waals surface area (Å²) in [5.74, 6) is 1.39. The van der Waals surface area contributed by atoms with Gasteiger partial charge in [0.15, 0.2) is 11.6 Å².